The highest BCUT2D eigenvalue weighted by Crippen LogP contribution is 2.18. The maximum absolute atomic E-state index is 4.51. The van der Waals surface area contributed by atoms with Crippen molar-refractivity contribution in [2.75, 3.05) is 23.4 Å². The van der Waals surface area contributed by atoms with Crippen LogP contribution in [-0.2, 0) is 6.42 Å². The highest BCUT2D eigenvalue weighted by Gasteiger charge is 2.08. The highest BCUT2D eigenvalue weighted by molar-refractivity contribution is 7.98. The number of nitrogens with one attached hydrogen (secondary N) is 2. The van der Waals surface area contributed by atoms with Gasteiger partial charge in [0.25, 0.3) is 0 Å². The Kier molecular flexibility index (Phi) is 5.67. The molecular weight excluding hydrogens is 288 g/mol. The maximum atomic E-state index is 4.51. The van der Waals surface area contributed by atoms with Crippen molar-refractivity contribution in [3.63, 3.8) is 0 Å². The van der Waals surface area contributed by atoms with Crippen LogP contribution in [0.15, 0.2) is 28.0 Å². The number of thioether (sulfide) groups is 1. The topological polar surface area (TPSA) is 49.8 Å². The minimum atomic E-state index is 0.337. The van der Waals surface area contributed by atoms with Gasteiger partial charge in [-0.05, 0) is 48.9 Å². The van der Waals surface area contributed by atoms with Crippen molar-refractivity contribution in [2.24, 2.45) is 0 Å². The van der Waals surface area contributed by atoms with Gasteiger partial charge < -0.3 is 10.6 Å². The summed E-state index contributed by atoms with van der Waals surface area (Å²) in [6, 6.07) is 4.47. The SMILES string of the molecule is CCNc1cc(NC(C)Cc2ccsc2)nc(SC)n1. The molecule has 6 heteroatoms. The molecule has 0 aliphatic carbocycles. The smallest absolute Gasteiger partial charge is 0.191 e. The quantitative estimate of drug-likeness (QED) is 0.603. The summed E-state index contributed by atoms with van der Waals surface area (Å²) in [5.41, 5.74) is 1.36. The molecule has 0 aliphatic heterocycles. The van der Waals surface area contributed by atoms with E-state index in [1.165, 1.54) is 5.56 Å². The Balaban J connectivity index is 2.05. The second-order valence-corrected chi connectivity index (χ2v) is 6.09. The lowest BCUT2D eigenvalue weighted by Crippen LogP contribution is -2.19. The van der Waals surface area contributed by atoms with Gasteiger partial charge in [0.15, 0.2) is 5.16 Å². The fraction of sp³-hybridized carbons (Fsp3) is 0.429. The van der Waals surface area contributed by atoms with Gasteiger partial charge in [0.1, 0.15) is 11.6 Å². The van der Waals surface area contributed by atoms with Gasteiger partial charge in [0.2, 0.25) is 0 Å². The van der Waals surface area contributed by atoms with E-state index in [0.717, 1.165) is 29.8 Å². The zero-order valence-electron chi connectivity index (χ0n) is 12.0. The van der Waals surface area contributed by atoms with Gasteiger partial charge in [-0.2, -0.15) is 11.3 Å². The number of hydrogen-bond donors (Lipinski definition) is 2. The molecule has 4 nitrogen and oxygen atoms in total. The monoisotopic (exact) mass is 308 g/mol. The van der Waals surface area contributed by atoms with E-state index < -0.39 is 0 Å². The van der Waals surface area contributed by atoms with Gasteiger partial charge in [-0.1, -0.05) is 11.8 Å². The predicted octanol–water partition coefficient (Wildman–Crippen LogP) is 3.73. The van der Waals surface area contributed by atoms with Crippen LogP contribution in [0.1, 0.15) is 19.4 Å². The third-order valence-electron chi connectivity index (χ3n) is 2.76. The minimum absolute atomic E-state index is 0.337. The Labute approximate surface area is 128 Å². The van der Waals surface area contributed by atoms with Crippen LogP contribution in [0.5, 0.6) is 0 Å². The molecule has 0 bridgehead atoms. The fourth-order valence-corrected chi connectivity index (χ4v) is 2.99. The van der Waals surface area contributed by atoms with Crippen molar-refractivity contribution in [3.8, 4) is 0 Å². The molecule has 2 heterocycles. The zero-order valence-corrected chi connectivity index (χ0v) is 13.6. The molecule has 1 unspecified atom stereocenters. The molecule has 1 atom stereocenters. The van der Waals surface area contributed by atoms with E-state index in [9.17, 15) is 0 Å². The van der Waals surface area contributed by atoms with E-state index in [2.05, 4.69) is 51.3 Å². The highest BCUT2D eigenvalue weighted by atomic mass is 32.2. The number of aromatic nitrogens is 2. The molecule has 0 fully saturated rings. The van der Waals surface area contributed by atoms with Gasteiger partial charge >= 0.3 is 0 Å². The molecule has 2 rings (SSSR count). The van der Waals surface area contributed by atoms with Crippen LogP contribution in [0.3, 0.4) is 0 Å². The summed E-state index contributed by atoms with van der Waals surface area (Å²) >= 11 is 3.29. The first-order valence-corrected chi connectivity index (χ1v) is 8.82. The van der Waals surface area contributed by atoms with Crippen LogP contribution in [0.4, 0.5) is 11.6 Å². The van der Waals surface area contributed by atoms with Gasteiger partial charge in [0.05, 0.1) is 0 Å². The fourth-order valence-electron chi connectivity index (χ4n) is 1.93. The van der Waals surface area contributed by atoms with Gasteiger partial charge in [-0.3, -0.25) is 0 Å². The Bertz CT molecular complexity index is 528. The molecular formula is C14H20N4S2. The summed E-state index contributed by atoms with van der Waals surface area (Å²) in [6.07, 6.45) is 2.99. The van der Waals surface area contributed by atoms with E-state index >= 15 is 0 Å². The summed E-state index contributed by atoms with van der Waals surface area (Å²) in [4.78, 5) is 8.93. The number of anilines is 2. The van der Waals surface area contributed by atoms with Crippen LogP contribution in [0.2, 0.25) is 0 Å². The predicted molar refractivity (Wildman–Crippen MR) is 89.1 cm³/mol. The molecule has 0 saturated carbocycles. The lowest BCUT2D eigenvalue weighted by Gasteiger charge is -2.15. The van der Waals surface area contributed by atoms with Crippen LogP contribution in [0.25, 0.3) is 0 Å². The number of nitrogens with zero attached hydrogens (tertiary/aromatic N) is 2. The van der Waals surface area contributed by atoms with Gasteiger partial charge in [0, 0.05) is 18.7 Å². The Morgan fingerprint density at radius 1 is 1.35 bits per heavy atom. The van der Waals surface area contributed by atoms with Crippen molar-refractivity contribution >= 4 is 34.7 Å². The Hall–Kier alpha value is -1.27. The van der Waals surface area contributed by atoms with E-state index in [4.69, 9.17) is 0 Å². The van der Waals surface area contributed by atoms with E-state index in [-0.39, 0.29) is 0 Å². The molecule has 108 valence electrons. The van der Waals surface area contributed by atoms with Crippen molar-refractivity contribution in [3.05, 3.63) is 28.5 Å². The van der Waals surface area contributed by atoms with Gasteiger partial charge in [-0.25, -0.2) is 9.97 Å². The molecule has 2 aromatic rings. The molecule has 2 aromatic heterocycles. The Morgan fingerprint density at radius 3 is 2.80 bits per heavy atom. The van der Waals surface area contributed by atoms with Crippen LogP contribution >= 0.6 is 23.1 Å². The van der Waals surface area contributed by atoms with Gasteiger partial charge in [-0.15, -0.1) is 0 Å². The van der Waals surface area contributed by atoms with E-state index in [0.29, 0.717) is 6.04 Å². The first kappa shape index (κ1) is 15.1. The lowest BCUT2D eigenvalue weighted by molar-refractivity contribution is 0.780. The maximum Gasteiger partial charge on any atom is 0.191 e. The average Bonchev–Trinajstić information content (AvgIpc) is 2.91. The minimum Gasteiger partial charge on any atom is -0.370 e. The second kappa shape index (κ2) is 7.50. The summed E-state index contributed by atoms with van der Waals surface area (Å²) in [5.74, 6) is 1.75. The third kappa shape index (κ3) is 4.38. The number of thiophene rings is 1. The van der Waals surface area contributed by atoms with Crippen LogP contribution < -0.4 is 10.6 Å². The first-order chi connectivity index (χ1) is 9.71. The summed E-state index contributed by atoms with van der Waals surface area (Å²) < 4.78 is 0. The third-order valence-corrected chi connectivity index (χ3v) is 4.04. The molecule has 2 N–H and O–H groups in total. The molecule has 0 aliphatic rings. The largest absolute Gasteiger partial charge is 0.370 e. The van der Waals surface area contributed by atoms with Crippen molar-refractivity contribution in [2.45, 2.75) is 31.5 Å². The molecule has 20 heavy (non-hydrogen) atoms. The van der Waals surface area contributed by atoms with E-state index in [1.54, 1.807) is 23.1 Å². The first-order valence-electron chi connectivity index (χ1n) is 6.65. The van der Waals surface area contributed by atoms with E-state index in [1.807, 2.05) is 12.3 Å². The van der Waals surface area contributed by atoms with Crippen LogP contribution in [-0.4, -0.2) is 28.8 Å². The normalized spacial score (nSPS) is 12.2. The molecule has 0 amide bonds. The Morgan fingerprint density at radius 2 is 2.15 bits per heavy atom. The number of rotatable bonds is 7. The summed E-state index contributed by atoms with van der Waals surface area (Å²) in [7, 11) is 0. The lowest BCUT2D eigenvalue weighted by atomic mass is 10.1. The summed E-state index contributed by atoms with van der Waals surface area (Å²) in [6.45, 7) is 5.09. The average molecular weight is 308 g/mol. The summed E-state index contributed by atoms with van der Waals surface area (Å²) in [5, 5.41) is 11.8. The van der Waals surface area contributed by atoms with Crippen LogP contribution in [0, 0.1) is 0 Å². The molecule has 0 radical (unpaired) electrons. The standard InChI is InChI=1S/C14H20N4S2/c1-4-15-12-8-13(18-14(17-12)19-3)16-10(2)7-11-5-6-20-9-11/h5-6,8-10H,4,7H2,1-3H3,(H2,15,16,17,18). The molecule has 0 aromatic carbocycles. The van der Waals surface area contributed by atoms with Crippen molar-refractivity contribution in [1.82, 2.24) is 9.97 Å². The second-order valence-electron chi connectivity index (χ2n) is 4.54. The zero-order chi connectivity index (χ0) is 14.4. The molecule has 0 spiro atoms. The van der Waals surface area contributed by atoms with Crippen molar-refractivity contribution in [1.29, 1.82) is 0 Å². The molecule has 0 saturated heterocycles. The van der Waals surface area contributed by atoms with Crippen molar-refractivity contribution < 1.29 is 0 Å². The number of hydrogen-bond acceptors (Lipinski definition) is 6.